The van der Waals surface area contributed by atoms with E-state index in [0.717, 1.165) is 37.0 Å². The smallest absolute Gasteiger partial charge is 0.192 e. The molecule has 0 aliphatic rings. The molecular formula is C19H26IN7S. The summed E-state index contributed by atoms with van der Waals surface area (Å²) in [5, 5.41) is 17.1. The molecule has 3 aromatic rings. The van der Waals surface area contributed by atoms with Gasteiger partial charge in [-0.15, -0.1) is 45.5 Å². The lowest BCUT2D eigenvalue weighted by Gasteiger charge is -2.18. The number of guanidine groups is 1. The molecule has 3 heterocycles. The normalized spacial score (nSPS) is 12.3. The average Bonchev–Trinajstić information content (AvgIpc) is 3.38. The molecule has 0 aliphatic heterocycles. The molecule has 1 atom stereocenters. The largest absolute Gasteiger partial charge is 0.355 e. The minimum absolute atomic E-state index is 0. The molecule has 150 valence electrons. The Hall–Kier alpha value is -2.01. The zero-order valence-electron chi connectivity index (χ0n) is 16.1. The molecule has 28 heavy (non-hydrogen) atoms. The van der Waals surface area contributed by atoms with Crippen LogP contribution < -0.4 is 10.6 Å². The molecule has 0 amide bonds. The monoisotopic (exact) mass is 511 g/mol. The SMILES string of the molecule is CCc1nncn1CCNC(=NCc1ccccn1)NC(C)c1cccs1.I. The second-order valence-corrected chi connectivity index (χ2v) is 7.07. The molecule has 0 saturated heterocycles. The summed E-state index contributed by atoms with van der Waals surface area (Å²) in [5.74, 6) is 1.76. The number of rotatable bonds is 8. The van der Waals surface area contributed by atoms with Crippen LogP contribution in [0, 0.1) is 0 Å². The number of aryl methyl sites for hydroxylation is 1. The zero-order valence-corrected chi connectivity index (χ0v) is 19.2. The van der Waals surface area contributed by atoms with Gasteiger partial charge in [-0.1, -0.05) is 19.1 Å². The van der Waals surface area contributed by atoms with E-state index >= 15 is 0 Å². The van der Waals surface area contributed by atoms with E-state index in [-0.39, 0.29) is 30.0 Å². The fourth-order valence-electron chi connectivity index (χ4n) is 2.65. The van der Waals surface area contributed by atoms with Gasteiger partial charge in [0, 0.05) is 30.6 Å². The predicted octanol–water partition coefficient (Wildman–Crippen LogP) is 3.41. The molecule has 0 aliphatic carbocycles. The maximum absolute atomic E-state index is 4.70. The number of thiophene rings is 1. The third-order valence-corrected chi connectivity index (χ3v) is 5.16. The van der Waals surface area contributed by atoms with Crippen molar-refractivity contribution in [2.24, 2.45) is 4.99 Å². The second-order valence-electron chi connectivity index (χ2n) is 6.09. The van der Waals surface area contributed by atoms with Crippen molar-refractivity contribution in [3.63, 3.8) is 0 Å². The first-order valence-corrected chi connectivity index (χ1v) is 9.99. The van der Waals surface area contributed by atoms with Gasteiger partial charge in [0.15, 0.2) is 5.96 Å². The standard InChI is InChI=1S/C19H25N7S.HI/c1-3-18-25-23-14-26(18)11-10-21-19(22-13-16-7-4-5-9-20-16)24-15(2)17-8-6-12-27-17;/h4-9,12,14-15H,3,10-11,13H2,1-2H3,(H2,21,22,24);1H. The van der Waals surface area contributed by atoms with E-state index in [1.807, 2.05) is 18.2 Å². The van der Waals surface area contributed by atoms with Crippen molar-refractivity contribution in [2.45, 2.75) is 39.4 Å². The Kier molecular flexibility index (Phi) is 9.35. The lowest BCUT2D eigenvalue weighted by atomic mass is 10.3. The zero-order chi connectivity index (χ0) is 18.9. The Morgan fingerprint density at radius 1 is 1.29 bits per heavy atom. The van der Waals surface area contributed by atoms with Gasteiger partial charge in [-0.25, -0.2) is 4.99 Å². The van der Waals surface area contributed by atoms with Crippen molar-refractivity contribution < 1.29 is 0 Å². The van der Waals surface area contributed by atoms with Crippen molar-refractivity contribution in [3.8, 4) is 0 Å². The number of nitrogens with zero attached hydrogens (tertiary/aromatic N) is 5. The van der Waals surface area contributed by atoms with Gasteiger partial charge in [0.2, 0.25) is 0 Å². The molecule has 3 aromatic heterocycles. The van der Waals surface area contributed by atoms with Gasteiger partial charge in [-0.3, -0.25) is 4.98 Å². The molecule has 0 spiro atoms. The highest BCUT2D eigenvalue weighted by Crippen LogP contribution is 2.17. The van der Waals surface area contributed by atoms with Crippen molar-refractivity contribution in [1.82, 2.24) is 30.4 Å². The van der Waals surface area contributed by atoms with Crippen LogP contribution in [-0.4, -0.2) is 32.3 Å². The van der Waals surface area contributed by atoms with Crippen LogP contribution in [0.15, 0.2) is 53.2 Å². The van der Waals surface area contributed by atoms with Crippen LogP contribution >= 0.6 is 35.3 Å². The minimum atomic E-state index is 0. The Balaban J connectivity index is 0.00000280. The van der Waals surface area contributed by atoms with E-state index < -0.39 is 0 Å². The van der Waals surface area contributed by atoms with Gasteiger partial charge in [-0.05, 0) is 30.5 Å². The maximum Gasteiger partial charge on any atom is 0.192 e. The van der Waals surface area contributed by atoms with Crippen LogP contribution in [0.3, 0.4) is 0 Å². The first-order valence-electron chi connectivity index (χ1n) is 9.11. The van der Waals surface area contributed by atoms with Crippen molar-refractivity contribution >= 4 is 41.3 Å². The van der Waals surface area contributed by atoms with Crippen LogP contribution in [0.4, 0.5) is 0 Å². The van der Waals surface area contributed by atoms with E-state index in [1.54, 1.807) is 23.9 Å². The van der Waals surface area contributed by atoms with Crippen LogP contribution in [-0.2, 0) is 19.5 Å². The molecule has 9 heteroatoms. The summed E-state index contributed by atoms with van der Waals surface area (Å²) in [7, 11) is 0. The number of aromatic nitrogens is 4. The molecule has 0 bridgehead atoms. The fraction of sp³-hybridized carbons (Fsp3) is 0.368. The van der Waals surface area contributed by atoms with E-state index in [1.165, 1.54) is 4.88 Å². The Morgan fingerprint density at radius 2 is 2.18 bits per heavy atom. The number of nitrogens with one attached hydrogen (secondary N) is 2. The summed E-state index contributed by atoms with van der Waals surface area (Å²) >= 11 is 1.74. The Morgan fingerprint density at radius 3 is 2.89 bits per heavy atom. The van der Waals surface area contributed by atoms with Gasteiger partial charge >= 0.3 is 0 Å². The highest BCUT2D eigenvalue weighted by atomic mass is 127. The number of hydrogen-bond acceptors (Lipinski definition) is 5. The van der Waals surface area contributed by atoms with Crippen molar-refractivity contribution in [3.05, 3.63) is 64.6 Å². The number of hydrogen-bond donors (Lipinski definition) is 2. The summed E-state index contributed by atoms with van der Waals surface area (Å²) in [6.45, 7) is 6.26. The van der Waals surface area contributed by atoms with Gasteiger partial charge in [-0.2, -0.15) is 0 Å². The molecule has 7 nitrogen and oxygen atoms in total. The first kappa shape index (κ1) is 22.3. The molecule has 3 rings (SSSR count). The number of pyridine rings is 1. The van der Waals surface area contributed by atoms with E-state index in [4.69, 9.17) is 4.99 Å². The van der Waals surface area contributed by atoms with Crippen LogP contribution in [0.1, 0.15) is 36.3 Å². The fourth-order valence-corrected chi connectivity index (χ4v) is 3.39. The van der Waals surface area contributed by atoms with E-state index in [9.17, 15) is 0 Å². The van der Waals surface area contributed by atoms with Gasteiger partial charge in [0.1, 0.15) is 12.2 Å². The van der Waals surface area contributed by atoms with Crippen LogP contribution in [0.2, 0.25) is 0 Å². The second kappa shape index (κ2) is 11.7. The quantitative estimate of drug-likeness (QED) is 0.275. The van der Waals surface area contributed by atoms with E-state index in [0.29, 0.717) is 6.54 Å². The maximum atomic E-state index is 4.70. The predicted molar refractivity (Wildman–Crippen MR) is 124 cm³/mol. The molecule has 0 radical (unpaired) electrons. The average molecular weight is 511 g/mol. The van der Waals surface area contributed by atoms with Crippen LogP contribution in [0.25, 0.3) is 0 Å². The summed E-state index contributed by atoms with van der Waals surface area (Å²) in [6.07, 6.45) is 4.43. The highest BCUT2D eigenvalue weighted by Gasteiger charge is 2.09. The molecular weight excluding hydrogens is 485 g/mol. The summed E-state index contributed by atoms with van der Waals surface area (Å²) in [6, 6.07) is 10.2. The summed E-state index contributed by atoms with van der Waals surface area (Å²) in [5.41, 5.74) is 0.939. The topological polar surface area (TPSA) is 80.0 Å². The van der Waals surface area contributed by atoms with Crippen LogP contribution in [0.5, 0.6) is 0 Å². The van der Waals surface area contributed by atoms with Crippen molar-refractivity contribution in [2.75, 3.05) is 6.54 Å². The van der Waals surface area contributed by atoms with Gasteiger partial charge in [0.05, 0.1) is 18.3 Å². The summed E-state index contributed by atoms with van der Waals surface area (Å²) in [4.78, 5) is 10.3. The third kappa shape index (κ3) is 6.55. The molecule has 2 N–H and O–H groups in total. The van der Waals surface area contributed by atoms with Crippen molar-refractivity contribution in [1.29, 1.82) is 0 Å². The van der Waals surface area contributed by atoms with E-state index in [2.05, 4.69) is 61.7 Å². The number of aliphatic imine (C=N–C) groups is 1. The lowest BCUT2D eigenvalue weighted by Crippen LogP contribution is -2.40. The summed E-state index contributed by atoms with van der Waals surface area (Å²) < 4.78 is 2.06. The Labute approximate surface area is 186 Å². The number of halogens is 1. The lowest BCUT2D eigenvalue weighted by molar-refractivity contribution is 0.620. The Bertz CT molecular complexity index is 833. The molecule has 0 aromatic carbocycles. The van der Waals surface area contributed by atoms with Gasteiger partial charge < -0.3 is 15.2 Å². The molecule has 1 unspecified atom stereocenters. The highest BCUT2D eigenvalue weighted by molar-refractivity contribution is 14.0. The minimum Gasteiger partial charge on any atom is -0.355 e. The first-order chi connectivity index (χ1) is 13.3. The molecule has 0 fully saturated rings. The van der Waals surface area contributed by atoms with Gasteiger partial charge in [0.25, 0.3) is 0 Å². The molecule has 0 saturated carbocycles. The third-order valence-electron chi connectivity index (χ3n) is 4.11.